The number of carbonyl (C=O) groups is 1. The van der Waals surface area contributed by atoms with Gasteiger partial charge in [0.1, 0.15) is 5.75 Å². The maximum atomic E-state index is 12.1. The molecule has 0 bridgehead atoms. The summed E-state index contributed by atoms with van der Waals surface area (Å²) in [5, 5.41) is 9.45. The average Bonchev–Trinajstić information content (AvgIpc) is 2.77. The van der Waals surface area contributed by atoms with Crippen molar-refractivity contribution >= 4 is 17.6 Å². The molecule has 0 aliphatic carbocycles. The minimum Gasteiger partial charge on any atom is -0.493 e. The van der Waals surface area contributed by atoms with E-state index in [1.807, 2.05) is 42.5 Å². The number of para-hydroxylation sites is 2. The van der Waals surface area contributed by atoms with Crippen molar-refractivity contribution in [3.05, 3.63) is 90.0 Å². The molecule has 29 heavy (non-hydrogen) atoms. The summed E-state index contributed by atoms with van der Waals surface area (Å²) < 4.78 is 16.0. The molecule has 0 N–H and O–H groups in total. The number of hydrogen-bond acceptors (Lipinski definition) is 5. The Kier molecular flexibility index (Phi) is 6.64. The van der Waals surface area contributed by atoms with E-state index in [1.165, 1.54) is 7.11 Å². The van der Waals surface area contributed by atoms with Crippen molar-refractivity contribution in [1.29, 1.82) is 5.26 Å². The first-order valence-corrected chi connectivity index (χ1v) is 8.93. The summed E-state index contributed by atoms with van der Waals surface area (Å²) >= 11 is 0. The Bertz CT molecular complexity index is 1050. The first-order chi connectivity index (χ1) is 14.2. The highest BCUT2D eigenvalue weighted by Gasteiger charge is 2.09. The molecule has 3 aromatic rings. The molecule has 0 saturated heterocycles. The third kappa shape index (κ3) is 5.47. The van der Waals surface area contributed by atoms with Crippen LogP contribution < -0.4 is 14.2 Å². The first-order valence-electron chi connectivity index (χ1n) is 8.93. The molecule has 3 aromatic carbocycles. The van der Waals surface area contributed by atoms with Crippen LogP contribution in [-0.4, -0.2) is 19.7 Å². The first kappa shape index (κ1) is 19.7. The highest BCUT2D eigenvalue weighted by Crippen LogP contribution is 2.26. The fourth-order valence-electron chi connectivity index (χ4n) is 2.67. The van der Waals surface area contributed by atoms with Crippen LogP contribution in [0.1, 0.15) is 11.1 Å². The van der Waals surface area contributed by atoms with E-state index < -0.39 is 5.97 Å². The van der Waals surface area contributed by atoms with Gasteiger partial charge in [-0.05, 0) is 41.5 Å². The Balaban J connectivity index is 1.67. The Labute approximate surface area is 169 Å². The Morgan fingerprint density at radius 2 is 1.69 bits per heavy atom. The van der Waals surface area contributed by atoms with E-state index in [9.17, 15) is 10.1 Å². The van der Waals surface area contributed by atoms with Crippen LogP contribution in [0.4, 0.5) is 0 Å². The molecule has 0 radical (unpaired) electrons. The van der Waals surface area contributed by atoms with Crippen molar-refractivity contribution < 1.29 is 19.0 Å². The zero-order valence-corrected chi connectivity index (χ0v) is 15.9. The summed E-state index contributed by atoms with van der Waals surface area (Å²) in [7, 11) is 1.53. The summed E-state index contributed by atoms with van der Waals surface area (Å²) in [6.45, 7) is -0.256. The van der Waals surface area contributed by atoms with Gasteiger partial charge in [0.05, 0.1) is 18.8 Å². The van der Waals surface area contributed by atoms with E-state index in [4.69, 9.17) is 14.2 Å². The standard InChI is InChI=1S/C24H19NO4/c1-27-22-12-5-6-13-23(22)28-17-24(26)29-21-11-7-8-18(15-21)14-20(16-25)19-9-3-2-4-10-19/h2-15H,17H2,1H3/b20-14-. The summed E-state index contributed by atoms with van der Waals surface area (Å²) in [4.78, 5) is 12.1. The molecule has 0 aliphatic rings. The van der Waals surface area contributed by atoms with Crippen molar-refractivity contribution in [3.8, 4) is 23.3 Å². The molecule has 0 aromatic heterocycles. The number of rotatable bonds is 7. The molecule has 5 heteroatoms. The van der Waals surface area contributed by atoms with Gasteiger partial charge in [-0.25, -0.2) is 4.79 Å². The van der Waals surface area contributed by atoms with Crippen LogP contribution in [0.25, 0.3) is 11.6 Å². The van der Waals surface area contributed by atoms with E-state index >= 15 is 0 Å². The van der Waals surface area contributed by atoms with Crippen LogP contribution in [-0.2, 0) is 4.79 Å². The minimum atomic E-state index is -0.541. The molecule has 144 valence electrons. The summed E-state index contributed by atoms with van der Waals surface area (Å²) in [6, 6.07) is 25.6. The number of benzene rings is 3. The summed E-state index contributed by atoms with van der Waals surface area (Å²) in [5.74, 6) is 0.834. The predicted molar refractivity (Wildman–Crippen MR) is 110 cm³/mol. The van der Waals surface area contributed by atoms with Gasteiger partial charge in [0.2, 0.25) is 0 Å². The van der Waals surface area contributed by atoms with E-state index in [0.29, 0.717) is 22.8 Å². The van der Waals surface area contributed by atoms with Gasteiger partial charge in [-0.2, -0.15) is 5.26 Å². The van der Waals surface area contributed by atoms with E-state index in [2.05, 4.69) is 6.07 Å². The zero-order chi connectivity index (χ0) is 20.5. The molecule has 0 atom stereocenters. The monoisotopic (exact) mass is 385 g/mol. The predicted octanol–water partition coefficient (Wildman–Crippen LogP) is 4.74. The van der Waals surface area contributed by atoms with Gasteiger partial charge < -0.3 is 14.2 Å². The van der Waals surface area contributed by atoms with Crippen molar-refractivity contribution in [2.45, 2.75) is 0 Å². The van der Waals surface area contributed by atoms with Crippen molar-refractivity contribution in [2.24, 2.45) is 0 Å². The fraction of sp³-hybridized carbons (Fsp3) is 0.0833. The largest absolute Gasteiger partial charge is 0.493 e. The number of allylic oxidation sites excluding steroid dienone is 1. The lowest BCUT2D eigenvalue weighted by Gasteiger charge is -2.10. The molecule has 0 heterocycles. The number of hydrogen-bond donors (Lipinski definition) is 0. The topological polar surface area (TPSA) is 68.6 Å². The molecular weight excluding hydrogens is 366 g/mol. The van der Waals surface area contributed by atoms with E-state index in [-0.39, 0.29) is 6.61 Å². The molecule has 0 aliphatic heterocycles. The lowest BCUT2D eigenvalue weighted by Crippen LogP contribution is -2.17. The lowest BCUT2D eigenvalue weighted by molar-refractivity contribution is -0.136. The second-order valence-electron chi connectivity index (χ2n) is 6.02. The molecule has 0 amide bonds. The van der Waals surface area contributed by atoms with Crippen LogP contribution in [0.5, 0.6) is 17.2 Å². The second-order valence-corrected chi connectivity index (χ2v) is 6.02. The quantitative estimate of drug-likeness (QED) is 0.254. The van der Waals surface area contributed by atoms with E-state index in [0.717, 1.165) is 11.1 Å². The SMILES string of the molecule is COc1ccccc1OCC(=O)Oc1cccc(/C=C(/C#N)c2ccccc2)c1. The van der Waals surface area contributed by atoms with Crippen molar-refractivity contribution in [2.75, 3.05) is 13.7 Å². The fourth-order valence-corrected chi connectivity index (χ4v) is 2.67. The third-order valence-corrected chi connectivity index (χ3v) is 4.02. The average molecular weight is 385 g/mol. The number of carbonyl (C=O) groups excluding carboxylic acids is 1. The Morgan fingerprint density at radius 1 is 0.966 bits per heavy atom. The van der Waals surface area contributed by atoms with Crippen LogP contribution >= 0.6 is 0 Å². The molecular formula is C24H19NO4. The molecule has 0 saturated carbocycles. The second kappa shape index (κ2) is 9.77. The Hall–Kier alpha value is -4.04. The third-order valence-electron chi connectivity index (χ3n) is 4.02. The summed E-state index contributed by atoms with van der Waals surface area (Å²) in [6.07, 6.45) is 1.75. The number of esters is 1. The summed E-state index contributed by atoms with van der Waals surface area (Å²) in [5.41, 5.74) is 2.09. The van der Waals surface area contributed by atoms with Crippen LogP contribution in [0.2, 0.25) is 0 Å². The van der Waals surface area contributed by atoms with Crippen LogP contribution in [0.15, 0.2) is 78.9 Å². The normalized spacial score (nSPS) is 10.7. The smallest absolute Gasteiger partial charge is 0.349 e. The maximum absolute atomic E-state index is 12.1. The lowest BCUT2D eigenvalue weighted by atomic mass is 10.0. The minimum absolute atomic E-state index is 0.256. The highest BCUT2D eigenvalue weighted by molar-refractivity contribution is 5.89. The van der Waals surface area contributed by atoms with Gasteiger partial charge in [-0.3, -0.25) is 0 Å². The molecule has 5 nitrogen and oxygen atoms in total. The molecule has 0 spiro atoms. The van der Waals surface area contributed by atoms with Gasteiger partial charge in [-0.15, -0.1) is 0 Å². The maximum Gasteiger partial charge on any atom is 0.349 e. The number of nitriles is 1. The Morgan fingerprint density at radius 3 is 2.41 bits per heavy atom. The molecule has 3 rings (SSSR count). The van der Waals surface area contributed by atoms with Gasteiger partial charge in [0.15, 0.2) is 18.1 Å². The van der Waals surface area contributed by atoms with Gasteiger partial charge >= 0.3 is 5.97 Å². The van der Waals surface area contributed by atoms with Crippen LogP contribution in [0.3, 0.4) is 0 Å². The van der Waals surface area contributed by atoms with Crippen molar-refractivity contribution in [1.82, 2.24) is 0 Å². The number of nitrogens with zero attached hydrogens (tertiary/aromatic N) is 1. The van der Waals surface area contributed by atoms with Gasteiger partial charge in [-0.1, -0.05) is 54.6 Å². The van der Waals surface area contributed by atoms with Crippen LogP contribution in [0, 0.1) is 11.3 Å². The zero-order valence-electron chi connectivity index (χ0n) is 15.9. The molecule has 0 unspecified atom stereocenters. The number of ether oxygens (including phenoxy) is 3. The molecule has 0 fully saturated rings. The van der Waals surface area contributed by atoms with E-state index in [1.54, 1.807) is 42.5 Å². The van der Waals surface area contributed by atoms with Crippen molar-refractivity contribution in [3.63, 3.8) is 0 Å². The number of methoxy groups -OCH3 is 1. The van der Waals surface area contributed by atoms with Gasteiger partial charge in [0, 0.05) is 0 Å². The van der Waals surface area contributed by atoms with Gasteiger partial charge in [0.25, 0.3) is 0 Å². The highest BCUT2D eigenvalue weighted by atomic mass is 16.6.